The molecule has 0 nitrogen and oxygen atoms in total. The van der Waals surface area contributed by atoms with Gasteiger partial charge >= 0.3 is 321 Å². The molecule has 2 aliphatic rings. The Hall–Kier alpha value is -1.96. The average molecular weight is 814 g/mol. The second-order valence-electron chi connectivity index (χ2n) is 18.2. The molecular weight excluding hydrogens is 755 g/mol. The van der Waals surface area contributed by atoms with E-state index in [1.165, 1.54) is 72.3 Å². The van der Waals surface area contributed by atoms with E-state index in [1.54, 1.807) is 0 Å². The summed E-state index contributed by atoms with van der Waals surface area (Å²) in [6, 6.07) is 30.2. The van der Waals surface area contributed by atoms with Crippen molar-refractivity contribution in [2.45, 2.75) is 113 Å². The average Bonchev–Trinajstić information content (AvgIpc) is 3.63. The number of benzene rings is 4. The van der Waals surface area contributed by atoms with Gasteiger partial charge in [-0.05, 0) is 0 Å². The van der Waals surface area contributed by atoms with Crippen molar-refractivity contribution in [3.8, 4) is 22.3 Å². The van der Waals surface area contributed by atoms with Crippen LogP contribution in [0.1, 0.15) is 121 Å². The molecule has 0 bridgehead atoms. The molecule has 51 heavy (non-hydrogen) atoms. The van der Waals surface area contributed by atoms with Crippen molar-refractivity contribution in [2.24, 2.45) is 5.92 Å². The van der Waals surface area contributed by atoms with Gasteiger partial charge in [0.05, 0.1) is 0 Å². The van der Waals surface area contributed by atoms with Crippen LogP contribution >= 0.6 is 17.0 Å². The fourth-order valence-electron chi connectivity index (χ4n) is 9.20. The minimum absolute atomic E-state index is 0.0758. The summed E-state index contributed by atoms with van der Waals surface area (Å²) in [6.07, 6.45) is 7.26. The van der Waals surface area contributed by atoms with E-state index in [0.717, 1.165) is 12.8 Å². The Bertz CT molecular complexity index is 2020. The van der Waals surface area contributed by atoms with Crippen LogP contribution in [0.15, 0.2) is 90.0 Å². The van der Waals surface area contributed by atoms with Crippen LogP contribution in [0.5, 0.6) is 0 Å². The molecule has 4 heteroatoms. The van der Waals surface area contributed by atoms with Gasteiger partial charge < -0.3 is 0 Å². The quantitative estimate of drug-likeness (QED) is 0.156. The van der Waals surface area contributed by atoms with Gasteiger partial charge in [0, 0.05) is 0 Å². The SMILES string of the molecule is CCCC(C)C1=Cc2c(-c3ccc(C(C)(C)C)cc3)cccc2[CH]1[Zr]([Cl])([Cl])([CH]1C(C)=Cc2c(-c3ccc(C(C)(C)C)cc3)cc(C)cc21)[SiH](C)C. The van der Waals surface area contributed by atoms with E-state index < -0.39 is 21.5 Å². The molecule has 2 aliphatic carbocycles. The Kier molecular flexibility index (Phi) is 10.4. The summed E-state index contributed by atoms with van der Waals surface area (Å²) < 4.78 is 0.160. The van der Waals surface area contributed by atoms with E-state index in [4.69, 9.17) is 17.0 Å². The normalized spacial score (nSPS) is 18.9. The zero-order chi connectivity index (χ0) is 37.3. The molecule has 0 aliphatic heterocycles. The van der Waals surface area contributed by atoms with Crippen LogP contribution in [0.4, 0.5) is 0 Å². The van der Waals surface area contributed by atoms with E-state index in [2.05, 4.69) is 173 Å². The number of allylic oxidation sites excluding steroid dienone is 2. The molecule has 0 heterocycles. The van der Waals surface area contributed by atoms with Crippen molar-refractivity contribution in [1.29, 1.82) is 0 Å². The molecule has 6 rings (SSSR count). The van der Waals surface area contributed by atoms with Crippen molar-refractivity contribution in [3.63, 3.8) is 0 Å². The maximum absolute atomic E-state index is 8.78. The van der Waals surface area contributed by atoms with E-state index in [0.29, 0.717) is 5.92 Å². The van der Waals surface area contributed by atoms with E-state index in [-0.39, 0.29) is 18.1 Å². The molecule has 4 aromatic rings. The Morgan fingerprint density at radius 3 is 1.73 bits per heavy atom. The van der Waals surface area contributed by atoms with Crippen molar-refractivity contribution in [3.05, 3.63) is 129 Å². The number of fused-ring (bicyclic) bond motifs is 2. The van der Waals surface area contributed by atoms with Crippen LogP contribution in [-0.2, 0) is 26.4 Å². The van der Waals surface area contributed by atoms with Crippen molar-refractivity contribution >= 4 is 35.1 Å². The summed E-state index contributed by atoms with van der Waals surface area (Å²) in [5, 5.41) is 0. The Labute approximate surface area is 318 Å². The molecule has 0 fully saturated rings. The van der Waals surface area contributed by atoms with Crippen LogP contribution in [-0.4, -0.2) is 5.92 Å². The standard InChI is InChI=1S/C24H29.C21H23.C2H7Si.2ClH.Zr/c1-6-8-17(2)20-15-19-9-7-10-22(23(19)16-20)18-11-13-21(14-12-18)24(3,4)5;1-14-10-17-11-15(2)13-20(17)19(12-14)16-6-8-18(9-7-16)21(3,4)5;1-3-2;;;/h7,9-17H,6,8H2,1-5H3;6-13H,1-5H3;3H,1-2H3;2*1H;/q;;;;;+2/p-2. The molecule has 3 atom stereocenters. The summed E-state index contributed by atoms with van der Waals surface area (Å²) in [6.45, 7) is 27.9. The second kappa shape index (κ2) is 13.7. The summed E-state index contributed by atoms with van der Waals surface area (Å²) in [7, 11) is 17.6. The fraction of sp³-hybridized carbons (Fsp3) is 0.404. The molecule has 0 aromatic heterocycles. The van der Waals surface area contributed by atoms with Gasteiger partial charge in [0.15, 0.2) is 0 Å². The Morgan fingerprint density at radius 1 is 0.686 bits per heavy atom. The van der Waals surface area contributed by atoms with Crippen LogP contribution < -0.4 is 0 Å². The number of halogens is 2. The molecule has 0 radical (unpaired) electrons. The molecule has 0 saturated heterocycles. The third kappa shape index (κ3) is 6.73. The van der Waals surface area contributed by atoms with Crippen molar-refractivity contribution < 1.29 is 15.6 Å². The number of rotatable bonds is 8. The monoisotopic (exact) mass is 811 g/mol. The first kappa shape index (κ1) is 38.8. The molecular formula is C47H59Cl2SiZr. The molecule has 0 amide bonds. The van der Waals surface area contributed by atoms with Gasteiger partial charge in [0.2, 0.25) is 0 Å². The predicted molar refractivity (Wildman–Crippen MR) is 228 cm³/mol. The van der Waals surface area contributed by atoms with Crippen LogP contribution in [0.2, 0.25) is 13.1 Å². The molecule has 3 unspecified atom stereocenters. The predicted octanol–water partition coefficient (Wildman–Crippen LogP) is 14.9. The number of aryl methyl sites for hydroxylation is 1. The van der Waals surface area contributed by atoms with Crippen LogP contribution in [0.3, 0.4) is 0 Å². The third-order valence-electron chi connectivity index (χ3n) is 12.2. The first-order valence-corrected chi connectivity index (χ1v) is 35.5. The Morgan fingerprint density at radius 2 is 1.22 bits per heavy atom. The number of hydrogen-bond donors (Lipinski definition) is 0. The van der Waals surface area contributed by atoms with Gasteiger partial charge in [-0.25, -0.2) is 0 Å². The van der Waals surface area contributed by atoms with E-state index in [1.807, 2.05) is 0 Å². The summed E-state index contributed by atoms with van der Waals surface area (Å²) >= 11 is -4.89. The summed E-state index contributed by atoms with van der Waals surface area (Å²) in [5.74, 6) is -1.26. The molecule has 0 N–H and O–H groups in total. The Balaban J connectivity index is 1.55. The first-order chi connectivity index (χ1) is 23.8. The molecule has 0 saturated carbocycles. The van der Waals surface area contributed by atoms with Gasteiger partial charge in [-0.1, -0.05) is 0 Å². The van der Waals surface area contributed by atoms with Gasteiger partial charge in [0.1, 0.15) is 0 Å². The van der Waals surface area contributed by atoms with E-state index >= 15 is 0 Å². The number of hydrogen-bond acceptors (Lipinski definition) is 0. The molecule has 269 valence electrons. The van der Waals surface area contributed by atoms with Crippen molar-refractivity contribution in [2.75, 3.05) is 0 Å². The van der Waals surface area contributed by atoms with Crippen LogP contribution in [0.25, 0.3) is 34.4 Å². The third-order valence-corrected chi connectivity index (χ3v) is 64.2. The van der Waals surface area contributed by atoms with Gasteiger partial charge in [-0.2, -0.15) is 0 Å². The summed E-state index contributed by atoms with van der Waals surface area (Å²) in [4.78, 5) is 0. The van der Waals surface area contributed by atoms with Gasteiger partial charge in [-0.3, -0.25) is 0 Å². The van der Waals surface area contributed by atoms with Crippen LogP contribution in [0, 0.1) is 12.8 Å². The maximum atomic E-state index is 8.78. The van der Waals surface area contributed by atoms with Gasteiger partial charge in [0.25, 0.3) is 0 Å². The topological polar surface area (TPSA) is 0 Å². The van der Waals surface area contributed by atoms with E-state index in [9.17, 15) is 0 Å². The zero-order valence-electron chi connectivity index (χ0n) is 33.1. The van der Waals surface area contributed by atoms with Gasteiger partial charge in [-0.15, -0.1) is 0 Å². The second-order valence-corrected chi connectivity index (χ2v) is 60.8. The first-order valence-electron chi connectivity index (χ1n) is 19.2. The summed E-state index contributed by atoms with van der Waals surface area (Å²) in [5.41, 5.74) is 17.6. The molecule has 0 spiro atoms. The zero-order valence-corrected chi connectivity index (χ0v) is 38.3. The molecule has 4 aromatic carbocycles. The minimum atomic E-state index is -4.89. The van der Waals surface area contributed by atoms with Crippen molar-refractivity contribution in [1.82, 2.24) is 0 Å². The fourth-order valence-corrected chi connectivity index (χ4v) is 41.3.